The van der Waals surface area contributed by atoms with E-state index in [2.05, 4.69) is 35.0 Å². The molecule has 0 radical (unpaired) electrons. The number of aromatic nitrogens is 4. The summed E-state index contributed by atoms with van der Waals surface area (Å²) in [6, 6.07) is 21.8. The van der Waals surface area contributed by atoms with Gasteiger partial charge in [0.2, 0.25) is 18.6 Å². The number of amides is 3. The van der Waals surface area contributed by atoms with Gasteiger partial charge in [0.1, 0.15) is 35.4 Å². The minimum absolute atomic E-state index is 0.0255. The Balaban J connectivity index is 0.691. The summed E-state index contributed by atoms with van der Waals surface area (Å²) in [6.45, 7) is 6.12. The number of piperidine rings is 1. The fourth-order valence-corrected chi connectivity index (χ4v) is 9.94. The van der Waals surface area contributed by atoms with Crippen LogP contribution in [-0.4, -0.2) is 111 Å². The summed E-state index contributed by atoms with van der Waals surface area (Å²) in [5, 5.41) is 11.0. The summed E-state index contributed by atoms with van der Waals surface area (Å²) >= 11 is 0. The van der Waals surface area contributed by atoms with Crippen molar-refractivity contribution in [1.82, 2.24) is 40.2 Å². The number of benzene rings is 3. The Kier molecular flexibility index (Phi) is 8.65. The van der Waals surface area contributed by atoms with Crippen LogP contribution in [0.2, 0.25) is 0 Å². The third kappa shape index (κ3) is 6.37. The standard InChI is InChI=1S/C43H44N10O6/c44-40-36-37(24-6-8-31(9-7-24)59-30-4-2-1-3-5-30)49-53(41(36)46-22-45-40)27-14-25-16-50(17-26(25)15-27)28-18-51(19-28)29-20-52(21-29)34-12-10-32(38-39(34)58-23-57-38)42(55)47-33-11-13-35(54)48-43(33)56/h1-10,12,22,25-29,33H,11,13-21,23H2,(H,47,55)(H2,44,45,46)(H,48,54,56). The highest BCUT2D eigenvalue weighted by molar-refractivity contribution is 6.05. The SMILES string of the molecule is Nc1ncnc2c1c(-c1ccc(Oc3ccccc3)cc1)nn2C1CC2CN(C3CN(C4CN(c5ccc(C(=O)NC6CCC(=O)NC6=O)c6c5OCO6)C4)C3)CC2C1. The van der Waals surface area contributed by atoms with E-state index in [4.69, 9.17) is 30.0 Å². The average molecular weight is 797 g/mol. The minimum Gasteiger partial charge on any atom is -0.457 e. The molecule has 59 heavy (non-hydrogen) atoms. The molecule has 3 amide bonds. The Morgan fingerprint density at radius 2 is 1.53 bits per heavy atom. The summed E-state index contributed by atoms with van der Waals surface area (Å²) in [7, 11) is 0. The van der Waals surface area contributed by atoms with Crippen molar-refractivity contribution in [3.8, 4) is 34.3 Å². The Labute approximate surface area is 339 Å². The van der Waals surface area contributed by atoms with Crippen LogP contribution in [0.15, 0.2) is 73.1 Å². The number of carbonyl (C=O) groups is 3. The van der Waals surface area contributed by atoms with Gasteiger partial charge in [-0.2, -0.15) is 5.10 Å². The smallest absolute Gasteiger partial charge is 0.255 e. The van der Waals surface area contributed by atoms with Crippen molar-refractivity contribution in [2.24, 2.45) is 11.8 Å². The van der Waals surface area contributed by atoms with E-state index < -0.39 is 17.9 Å². The molecule has 1 saturated carbocycles. The average Bonchev–Trinajstić information content (AvgIpc) is 4.00. The van der Waals surface area contributed by atoms with Gasteiger partial charge in [-0.15, -0.1) is 0 Å². The quantitative estimate of drug-likeness (QED) is 0.184. The molecule has 0 spiro atoms. The molecule has 4 saturated heterocycles. The van der Waals surface area contributed by atoms with Crippen LogP contribution in [0, 0.1) is 11.8 Å². The summed E-state index contributed by atoms with van der Waals surface area (Å²) in [6.07, 6.45) is 4.11. The maximum Gasteiger partial charge on any atom is 0.255 e. The van der Waals surface area contributed by atoms with Gasteiger partial charge >= 0.3 is 0 Å². The van der Waals surface area contributed by atoms with Crippen molar-refractivity contribution in [3.05, 3.63) is 78.6 Å². The van der Waals surface area contributed by atoms with Gasteiger partial charge in [-0.25, -0.2) is 14.6 Å². The van der Waals surface area contributed by atoms with Crippen molar-refractivity contribution >= 4 is 40.3 Å². The van der Waals surface area contributed by atoms with E-state index in [0.29, 0.717) is 46.8 Å². The third-order valence-electron chi connectivity index (χ3n) is 13.1. The van der Waals surface area contributed by atoms with Crippen molar-refractivity contribution in [2.45, 2.75) is 49.9 Å². The topological polar surface area (TPSA) is 182 Å². The minimum atomic E-state index is -0.768. The molecular formula is C43H44N10O6. The van der Waals surface area contributed by atoms with Crippen LogP contribution in [0.25, 0.3) is 22.3 Å². The molecule has 11 rings (SSSR count). The number of nitrogen functional groups attached to an aromatic ring is 1. The predicted octanol–water partition coefficient (Wildman–Crippen LogP) is 3.59. The molecule has 0 bridgehead atoms. The Morgan fingerprint density at radius 1 is 0.814 bits per heavy atom. The van der Waals surface area contributed by atoms with Crippen LogP contribution in [0.5, 0.6) is 23.0 Å². The van der Waals surface area contributed by atoms with Gasteiger partial charge in [0.15, 0.2) is 17.1 Å². The van der Waals surface area contributed by atoms with Crippen LogP contribution in [0.1, 0.15) is 42.1 Å². The van der Waals surface area contributed by atoms with Crippen LogP contribution in [0.3, 0.4) is 0 Å². The lowest BCUT2D eigenvalue weighted by molar-refractivity contribution is -0.134. The van der Waals surface area contributed by atoms with Gasteiger partial charge < -0.3 is 30.2 Å². The molecule has 5 aromatic rings. The number of nitrogens with two attached hydrogens (primary N) is 1. The van der Waals surface area contributed by atoms with Gasteiger partial charge in [0.05, 0.1) is 22.7 Å². The molecule has 302 valence electrons. The molecule has 7 heterocycles. The normalized spacial score (nSPS) is 24.5. The monoisotopic (exact) mass is 796 g/mol. The number of rotatable bonds is 9. The molecule has 4 N–H and O–H groups in total. The molecule has 6 aliphatic rings. The van der Waals surface area contributed by atoms with Crippen LogP contribution in [0.4, 0.5) is 11.5 Å². The second kappa shape index (κ2) is 14.2. The van der Waals surface area contributed by atoms with Crippen molar-refractivity contribution in [1.29, 1.82) is 0 Å². The summed E-state index contributed by atoms with van der Waals surface area (Å²) in [5.41, 5.74) is 10.2. The van der Waals surface area contributed by atoms with Crippen LogP contribution < -0.4 is 35.5 Å². The molecule has 5 fully saturated rings. The Morgan fingerprint density at radius 3 is 2.29 bits per heavy atom. The first kappa shape index (κ1) is 35.9. The zero-order chi connectivity index (χ0) is 39.8. The Bertz CT molecular complexity index is 2450. The highest BCUT2D eigenvalue weighted by Gasteiger charge is 2.48. The molecule has 16 heteroatoms. The van der Waals surface area contributed by atoms with E-state index in [-0.39, 0.29) is 31.6 Å². The summed E-state index contributed by atoms with van der Waals surface area (Å²) in [5.74, 6) is 2.89. The summed E-state index contributed by atoms with van der Waals surface area (Å²) < 4.78 is 19.7. The molecule has 3 aromatic carbocycles. The number of hydrogen-bond acceptors (Lipinski definition) is 13. The number of fused-ring (bicyclic) bond motifs is 3. The lowest BCUT2D eigenvalue weighted by Crippen LogP contribution is -2.69. The van der Waals surface area contributed by atoms with E-state index in [0.717, 1.165) is 91.6 Å². The number of carbonyl (C=O) groups excluding carboxylic acids is 3. The van der Waals surface area contributed by atoms with Gasteiger partial charge in [-0.1, -0.05) is 18.2 Å². The maximum atomic E-state index is 13.1. The van der Waals surface area contributed by atoms with Crippen LogP contribution in [-0.2, 0) is 9.59 Å². The first-order valence-corrected chi connectivity index (χ1v) is 20.4. The zero-order valence-electron chi connectivity index (χ0n) is 32.3. The van der Waals surface area contributed by atoms with Gasteiger partial charge in [0.25, 0.3) is 5.91 Å². The number of imide groups is 1. The highest BCUT2D eigenvalue weighted by Crippen LogP contribution is 2.48. The molecule has 3 unspecified atom stereocenters. The fourth-order valence-electron chi connectivity index (χ4n) is 9.94. The van der Waals surface area contributed by atoms with Crippen molar-refractivity contribution in [2.75, 3.05) is 56.7 Å². The summed E-state index contributed by atoms with van der Waals surface area (Å²) in [4.78, 5) is 53.5. The van der Waals surface area contributed by atoms with Gasteiger partial charge in [0, 0.05) is 63.3 Å². The lowest BCUT2D eigenvalue weighted by Gasteiger charge is -2.54. The van der Waals surface area contributed by atoms with Crippen molar-refractivity contribution < 1.29 is 28.6 Å². The highest BCUT2D eigenvalue weighted by atomic mass is 16.7. The number of nitrogens with zero attached hydrogens (tertiary/aromatic N) is 7. The second-order valence-corrected chi connectivity index (χ2v) is 16.6. The number of anilines is 2. The number of nitrogens with one attached hydrogen (secondary N) is 2. The van der Waals surface area contributed by atoms with Crippen molar-refractivity contribution in [3.63, 3.8) is 0 Å². The second-order valence-electron chi connectivity index (χ2n) is 16.6. The van der Waals surface area contributed by atoms with Crippen LogP contribution >= 0.6 is 0 Å². The fraction of sp³-hybridized carbons (Fsp3) is 0.395. The molecular weight excluding hydrogens is 753 g/mol. The first-order valence-electron chi connectivity index (χ1n) is 20.4. The largest absolute Gasteiger partial charge is 0.457 e. The zero-order valence-corrected chi connectivity index (χ0v) is 32.3. The molecule has 5 aliphatic heterocycles. The number of para-hydroxylation sites is 1. The van der Waals surface area contributed by atoms with E-state index in [1.54, 1.807) is 6.07 Å². The van der Waals surface area contributed by atoms with Gasteiger partial charge in [-0.3, -0.25) is 29.5 Å². The molecule has 1 aliphatic carbocycles. The Hall–Kier alpha value is -6.26. The maximum absolute atomic E-state index is 13.1. The van der Waals surface area contributed by atoms with E-state index in [9.17, 15) is 14.4 Å². The lowest BCUT2D eigenvalue weighted by atomic mass is 9.97. The van der Waals surface area contributed by atoms with E-state index >= 15 is 0 Å². The van der Waals surface area contributed by atoms with E-state index in [1.165, 1.54) is 6.33 Å². The van der Waals surface area contributed by atoms with Gasteiger partial charge in [-0.05, 0) is 79.6 Å². The third-order valence-corrected chi connectivity index (χ3v) is 13.1. The molecule has 2 aromatic heterocycles. The molecule has 16 nitrogen and oxygen atoms in total. The molecule has 3 atom stereocenters. The first-order chi connectivity index (χ1) is 28.8. The predicted molar refractivity (Wildman–Crippen MR) is 216 cm³/mol. The number of ether oxygens (including phenoxy) is 3. The number of hydrogen-bond donors (Lipinski definition) is 3. The van der Waals surface area contributed by atoms with E-state index in [1.807, 2.05) is 60.7 Å². The number of likely N-dealkylation sites (tertiary alicyclic amines) is 2.